The van der Waals surface area contributed by atoms with Crippen LogP contribution in [0, 0.1) is 5.92 Å². The molecule has 0 radical (unpaired) electrons. The number of carbonyl (C=O) groups excluding carboxylic acids is 1. The van der Waals surface area contributed by atoms with Gasteiger partial charge < -0.3 is 10.2 Å². The first-order chi connectivity index (χ1) is 14.4. The monoisotopic (exact) mass is 422 g/mol. The highest BCUT2D eigenvalue weighted by Crippen LogP contribution is 2.28. The second-order valence-corrected chi connectivity index (χ2v) is 7.92. The SMILES string of the molecule is O=C(NCCC1=CCCCC1)[C@@H]1CCCN(c2ccc3nnc(C(F)(F)F)n3n2)C1. The van der Waals surface area contributed by atoms with Gasteiger partial charge in [0.15, 0.2) is 5.65 Å². The molecule has 0 saturated carbocycles. The Kier molecular flexibility index (Phi) is 5.92. The van der Waals surface area contributed by atoms with Crippen LogP contribution in [0.3, 0.4) is 0 Å². The van der Waals surface area contributed by atoms with Crippen molar-refractivity contribution in [3.8, 4) is 0 Å². The smallest absolute Gasteiger partial charge is 0.355 e. The molecule has 1 N–H and O–H groups in total. The first-order valence-electron chi connectivity index (χ1n) is 10.4. The molecule has 1 fully saturated rings. The summed E-state index contributed by atoms with van der Waals surface area (Å²) in [5.74, 6) is -0.975. The summed E-state index contributed by atoms with van der Waals surface area (Å²) in [6, 6.07) is 3.09. The van der Waals surface area contributed by atoms with Crippen LogP contribution in [0.25, 0.3) is 5.65 Å². The molecule has 1 amide bonds. The Labute approximate surface area is 172 Å². The highest BCUT2D eigenvalue weighted by Gasteiger charge is 2.38. The third-order valence-electron chi connectivity index (χ3n) is 5.75. The fourth-order valence-electron chi connectivity index (χ4n) is 4.15. The van der Waals surface area contributed by atoms with Gasteiger partial charge in [0.2, 0.25) is 5.91 Å². The number of halogens is 3. The van der Waals surface area contributed by atoms with Crippen molar-refractivity contribution in [2.24, 2.45) is 5.92 Å². The maximum Gasteiger partial charge on any atom is 0.453 e. The number of piperidine rings is 1. The minimum Gasteiger partial charge on any atom is -0.355 e. The molecule has 4 rings (SSSR count). The van der Waals surface area contributed by atoms with E-state index in [9.17, 15) is 18.0 Å². The summed E-state index contributed by atoms with van der Waals surface area (Å²) >= 11 is 0. The van der Waals surface area contributed by atoms with E-state index < -0.39 is 12.0 Å². The molecule has 0 unspecified atom stereocenters. The molecule has 1 saturated heterocycles. The van der Waals surface area contributed by atoms with Gasteiger partial charge in [0, 0.05) is 19.6 Å². The molecule has 3 heterocycles. The molecule has 1 aliphatic carbocycles. The highest BCUT2D eigenvalue weighted by atomic mass is 19.4. The number of rotatable bonds is 5. The lowest BCUT2D eigenvalue weighted by Gasteiger charge is -2.32. The van der Waals surface area contributed by atoms with Gasteiger partial charge in [0.25, 0.3) is 5.82 Å². The zero-order chi connectivity index (χ0) is 21.1. The van der Waals surface area contributed by atoms with Crippen LogP contribution in [0.4, 0.5) is 19.0 Å². The van der Waals surface area contributed by atoms with Crippen molar-refractivity contribution in [3.63, 3.8) is 0 Å². The molecule has 0 bridgehead atoms. The molecule has 7 nitrogen and oxygen atoms in total. The number of nitrogens with zero attached hydrogens (tertiary/aromatic N) is 5. The van der Waals surface area contributed by atoms with Crippen molar-refractivity contribution >= 4 is 17.4 Å². The summed E-state index contributed by atoms with van der Waals surface area (Å²) in [6.45, 7) is 1.69. The minimum absolute atomic E-state index is 0.00235. The summed E-state index contributed by atoms with van der Waals surface area (Å²) in [5.41, 5.74) is 1.45. The third-order valence-corrected chi connectivity index (χ3v) is 5.75. The number of hydrogen-bond donors (Lipinski definition) is 1. The van der Waals surface area contributed by atoms with Gasteiger partial charge in [0.05, 0.1) is 5.92 Å². The topological polar surface area (TPSA) is 75.4 Å². The van der Waals surface area contributed by atoms with Crippen LogP contribution in [0.5, 0.6) is 0 Å². The van der Waals surface area contributed by atoms with E-state index in [0.29, 0.717) is 25.5 Å². The number of anilines is 1. The summed E-state index contributed by atoms with van der Waals surface area (Å²) in [4.78, 5) is 14.5. The van der Waals surface area contributed by atoms with Crippen LogP contribution in [0.1, 0.15) is 50.8 Å². The summed E-state index contributed by atoms with van der Waals surface area (Å²) in [6.07, 6.45) is 4.76. The average molecular weight is 422 g/mol. The summed E-state index contributed by atoms with van der Waals surface area (Å²) < 4.78 is 40.1. The largest absolute Gasteiger partial charge is 0.453 e. The third kappa shape index (κ3) is 4.57. The van der Waals surface area contributed by atoms with Gasteiger partial charge in [-0.05, 0) is 57.1 Å². The van der Waals surface area contributed by atoms with Gasteiger partial charge in [-0.1, -0.05) is 11.6 Å². The molecule has 1 atom stereocenters. The van der Waals surface area contributed by atoms with Gasteiger partial charge in [0.1, 0.15) is 5.82 Å². The Morgan fingerprint density at radius 1 is 1.20 bits per heavy atom. The number of amides is 1. The first-order valence-corrected chi connectivity index (χ1v) is 10.4. The Hall–Kier alpha value is -2.65. The molecule has 2 aliphatic rings. The minimum atomic E-state index is -4.64. The number of allylic oxidation sites excluding steroid dienone is 1. The van der Waals surface area contributed by atoms with Gasteiger partial charge >= 0.3 is 6.18 Å². The number of nitrogens with one attached hydrogen (secondary N) is 1. The normalized spacial score (nSPS) is 20.3. The Morgan fingerprint density at radius 3 is 2.83 bits per heavy atom. The van der Waals surface area contributed by atoms with Crippen LogP contribution in [-0.2, 0) is 11.0 Å². The van der Waals surface area contributed by atoms with Crippen molar-refractivity contribution in [2.45, 2.75) is 51.1 Å². The summed E-state index contributed by atoms with van der Waals surface area (Å²) in [7, 11) is 0. The number of aromatic nitrogens is 4. The van der Waals surface area contributed by atoms with Crippen molar-refractivity contribution in [2.75, 3.05) is 24.5 Å². The Balaban J connectivity index is 1.39. The Bertz CT molecular complexity index is 938. The van der Waals surface area contributed by atoms with Crippen LogP contribution < -0.4 is 10.2 Å². The van der Waals surface area contributed by atoms with Crippen LogP contribution in [0.2, 0.25) is 0 Å². The number of hydrogen-bond acceptors (Lipinski definition) is 5. The highest BCUT2D eigenvalue weighted by molar-refractivity contribution is 5.79. The van der Waals surface area contributed by atoms with E-state index in [-0.39, 0.29) is 17.5 Å². The zero-order valence-electron chi connectivity index (χ0n) is 16.7. The van der Waals surface area contributed by atoms with Crippen molar-refractivity contribution in [1.82, 2.24) is 25.1 Å². The lowest BCUT2D eigenvalue weighted by molar-refractivity contribution is -0.146. The first kappa shape index (κ1) is 20.6. The maximum atomic E-state index is 13.1. The average Bonchev–Trinajstić information content (AvgIpc) is 3.18. The standard InChI is InChI=1S/C20H25F3N6O/c21-20(22,23)19-26-25-16-8-9-17(27-29(16)19)28-12-4-7-15(13-28)18(30)24-11-10-14-5-2-1-3-6-14/h5,8-9,15H,1-4,6-7,10-13H2,(H,24,30)/t15-/m1/s1. The summed E-state index contributed by atoms with van der Waals surface area (Å²) in [5, 5.41) is 13.9. The van der Waals surface area contributed by atoms with Crippen LogP contribution >= 0.6 is 0 Å². The van der Waals surface area contributed by atoms with E-state index in [4.69, 9.17) is 0 Å². The molecule has 2 aromatic heterocycles. The molecular weight excluding hydrogens is 397 g/mol. The van der Waals surface area contributed by atoms with E-state index in [1.807, 2.05) is 4.90 Å². The second-order valence-electron chi connectivity index (χ2n) is 7.92. The quantitative estimate of drug-likeness (QED) is 0.748. The molecule has 10 heteroatoms. The number of fused-ring (bicyclic) bond motifs is 1. The molecule has 30 heavy (non-hydrogen) atoms. The molecular formula is C20H25F3N6O. The van der Waals surface area contributed by atoms with Gasteiger partial charge in [-0.3, -0.25) is 4.79 Å². The molecule has 162 valence electrons. The van der Waals surface area contributed by atoms with Gasteiger partial charge in [-0.25, -0.2) is 0 Å². The predicted octanol–water partition coefficient (Wildman–Crippen LogP) is 3.37. The van der Waals surface area contributed by atoms with Crippen molar-refractivity contribution in [3.05, 3.63) is 29.6 Å². The maximum absolute atomic E-state index is 13.1. The second kappa shape index (κ2) is 8.61. The molecule has 0 aromatic carbocycles. The van der Waals surface area contributed by atoms with Crippen molar-refractivity contribution in [1.29, 1.82) is 0 Å². The van der Waals surface area contributed by atoms with E-state index in [1.54, 1.807) is 6.07 Å². The molecule has 0 spiro atoms. The molecule has 2 aromatic rings. The van der Waals surface area contributed by atoms with Crippen LogP contribution in [-0.4, -0.2) is 45.4 Å². The van der Waals surface area contributed by atoms with Gasteiger partial charge in [-0.15, -0.1) is 15.3 Å². The van der Waals surface area contributed by atoms with E-state index >= 15 is 0 Å². The van der Waals surface area contributed by atoms with Crippen molar-refractivity contribution < 1.29 is 18.0 Å². The predicted molar refractivity (Wildman–Crippen MR) is 105 cm³/mol. The Morgan fingerprint density at radius 2 is 2.07 bits per heavy atom. The van der Waals surface area contributed by atoms with E-state index in [0.717, 1.165) is 36.6 Å². The number of alkyl halides is 3. The van der Waals surface area contributed by atoms with Crippen LogP contribution in [0.15, 0.2) is 23.8 Å². The zero-order valence-corrected chi connectivity index (χ0v) is 16.7. The molecule has 1 aliphatic heterocycles. The van der Waals surface area contributed by atoms with E-state index in [1.165, 1.54) is 24.5 Å². The fraction of sp³-hybridized carbons (Fsp3) is 0.600. The fourth-order valence-corrected chi connectivity index (χ4v) is 4.15. The lowest BCUT2D eigenvalue weighted by Crippen LogP contribution is -2.43. The van der Waals surface area contributed by atoms with E-state index in [2.05, 4.69) is 26.7 Å². The lowest BCUT2D eigenvalue weighted by atomic mass is 9.96. The number of carbonyl (C=O) groups is 1. The van der Waals surface area contributed by atoms with Gasteiger partial charge in [-0.2, -0.15) is 17.7 Å².